The van der Waals surface area contributed by atoms with Gasteiger partial charge in [-0.3, -0.25) is 0 Å². The molecule has 0 bridgehead atoms. The van der Waals surface area contributed by atoms with Crippen molar-refractivity contribution in [1.82, 2.24) is 0 Å². The maximum atomic E-state index is 11.6. The molecule has 24 heavy (non-hydrogen) atoms. The van der Waals surface area contributed by atoms with E-state index in [1.54, 1.807) is 0 Å². The van der Waals surface area contributed by atoms with E-state index in [1.165, 1.54) is 24.3 Å². The molecule has 0 unspecified atom stereocenters. The number of hydrogen-bond donors (Lipinski definition) is 0. The third-order valence-corrected chi connectivity index (χ3v) is 3.86. The first-order valence-electron chi connectivity index (χ1n) is 6.76. The topological polar surface area (TPSA) is 121 Å². The van der Waals surface area contributed by atoms with Crippen LogP contribution in [-0.4, -0.2) is 0 Å². The van der Waals surface area contributed by atoms with E-state index < -0.39 is 22.5 Å². The molecule has 0 aliphatic carbocycles. The first-order chi connectivity index (χ1) is 11.5. The van der Waals surface area contributed by atoms with Crippen LogP contribution in [0.5, 0.6) is 0 Å². The maximum absolute atomic E-state index is 11.6. The van der Waals surface area contributed by atoms with E-state index in [1.807, 2.05) is 0 Å². The summed E-state index contributed by atoms with van der Waals surface area (Å²) in [6.07, 6.45) is 0. The quantitative estimate of drug-likeness (QED) is 0.393. The third-order valence-electron chi connectivity index (χ3n) is 3.86. The standard InChI is InChI=1S/C16H4O8/c17-13-5-1-9-10(2-6(5)14(18)23-13)22-12-4-8-7(3-11(12)21-9)15(19)24-16(8)20/h1-4H. The molecular weight excluding hydrogens is 320 g/mol. The highest BCUT2D eigenvalue weighted by Gasteiger charge is 2.16. The van der Waals surface area contributed by atoms with Crippen molar-refractivity contribution in [3.63, 3.8) is 0 Å². The molecule has 3 heterocycles. The number of rotatable bonds is 0. The first kappa shape index (κ1) is 12.8. The lowest BCUT2D eigenvalue weighted by Crippen LogP contribution is -1.94. The normalized spacial score (nSPS) is 12.0. The molecule has 3 aromatic heterocycles. The van der Waals surface area contributed by atoms with Crippen LogP contribution in [0, 0.1) is 0 Å². The zero-order valence-corrected chi connectivity index (χ0v) is 11.6. The zero-order valence-electron chi connectivity index (χ0n) is 11.6. The number of furan rings is 2. The minimum absolute atomic E-state index is 0.0709. The van der Waals surface area contributed by atoms with Gasteiger partial charge in [0.2, 0.25) is 0 Å². The van der Waals surface area contributed by atoms with Crippen molar-refractivity contribution in [2.24, 2.45) is 0 Å². The van der Waals surface area contributed by atoms with E-state index in [0.29, 0.717) is 0 Å². The second-order valence-electron chi connectivity index (χ2n) is 5.25. The van der Waals surface area contributed by atoms with Crippen molar-refractivity contribution in [3.05, 3.63) is 65.9 Å². The lowest BCUT2D eigenvalue weighted by atomic mass is 10.2. The molecule has 8 nitrogen and oxygen atoms in total. The van der Waals surface area contributed by atoms with Gasteiger partial charge in [0, 0.05) is 24.3 Å². The van der Waals surface area contributed by atoms with Gasteiger partial charge >= 0.3 is 22.5 Å². The summed E-state index contributed by atoms with van der Waals surface area (Å²) in [4.78, 5) is 46.4. The van der Waals surface area contributed by atoms with Crippen LogP contribution in [-0.2, 0) is 0 Å². The lowest BCUT2D eigenvalue weighted by Gasteiger charge is -2.01. The highest BCUT2D eigenvalue weighted by molar-refractivity contribution is 5.97. The molecule has 0 radical (unpaired) electrons. The Bertz CT molecular complexity index is 1300. The Hall–Kier alpha value is -3.68. The summed E-state index contributed by atoms with van der Waals surface area (Å²) in [6, 6.07) is 5.32. The molecule has 0 fully saturated rings. The van der Waals surface area contributed by atoms with Gasteiger partial charge in [0.05, 0.1) is 21.5 Å². The fourth-order valence-electron chi connectivity index (χ4n) is 2.74. The molecule has 0 spiro atoms. The van der Waals surface area contributed by atoms with Gasteiger partial charge in [-0.05, 0) is 0 Å². The average molecular weight is 324 g/mol. The third kappa shape index (κ3) is 1.51. The molecule has 0 atom stereocenters. The minimum atomic E-state index is -0.768. The Morgan fingerprint density at radius 2 is 0.667 bits per heavy atom. The zero-order chi connectivity index (χ0) is 16.6. The van der Waals surface area contributed by atoms with Gasteiger partial charge < -0.3 is 17.7 Å². The molecular formula is C16H4O8. The van der Waals surface area contributed by atoms with Crippen LogP contribution in [0.3, 0.4) is 0 Å². The van der Waals surface area contributed by atoms with E-state index >= 15 is 0 Å². The SMILES string of the molecule is O=c1oc(=O)c2cc3oc4cc5c(=O)oc(=O)c5cc4oc3cc12. The summed E-state index contributed by atoms with van der Waals surface area (Å²) in [5, 5.41) is 0.284. The summed E-state index contributed by atoms with van der Waals surface area (Å²) in [6.45, 7) is 0. The number of benzene rings is 2. The van der Waals surface area contributed by atoms with Crippen LogP contribution in [0.1, 0.15) is 0 Å². The van der Waals surface area contributed by atoms with Crippen molar-refractivity contribution < 1.29 is 17.7 Å². The Kier molecular flexibility index (Phi) is 2.13. The van der Waals surface area contributed by atoms with Crippen LogP contribution < -0.4 is 22.5 Å². The van der Waals surface area contributed by atoms with E-state index in [4.69, 9.17) is 8.83 Å². The van der Waals surface area contributed by atoms with Gasteiger partial charge in [-0.1, -0.05) is 0 Å². The van der Waals surface area contributed by atoms with E-state index in [9.17, 15) is 19.2 Å². The molecule has 116 valence electrons. The highest BCUT2D eigenvalue weighted by Crippen LogP contribution is 2.27. The van der Waals surface area contributed by atoms with Gasteiger partial charge in [-0.2, -0.15) is 0 Å². The second kappa shape index (κ2) is 3.99. The van der Waals surface area contributed by atoms with Crippen molar-refractivity contribution in [2.75, 3.05) is 0 Å². The molecule has 2 aromatic carbocycles. The largest absolute Gasteiger partial charge is 0.449 e. The van der Waals surface area contributed by atoms with Crippen LogP contribution >= 0.6 is 0 Å². The molecule has 0 N–H and O–H groups in total. The summed E-state index contributed by atoms with van der Waals surface area (Å²) >= 11 is 0. The predicted octanol–water partition coefficient (Wildman–Crippen LogP) is 1.55. The Morgan fingerprint density at radius 1 is 0.417 bits per heavy atom. The molecule has 8 heteroatoms. The van der Waals surface area contributed by atoms with Gasteiger partial charge in [0.1, 0.15) is 0 Å². The summed E-state index contributed by atoms with van der Waals surface area (Å²) in [7, 11) is 0. The second-order valence-corrected chi connectivity index (χ2v) is 5.25. The summed E-state index contributed by atoms with van der Waals surface area (Å²) in [5.41, 5.74) is -2.33. The smallest absolute Gasteiger partial charge is 0.347 e. The highest BCUT2D eigenvalue weighted by atomic mass is 16.4. The Balaban J connectivity index is 2.01. The fourth-order valence-corrected chi connectivity index (χ4v) is 2.74. The molecule has 0 saturated carbocycles. The molecule has 0 aliphatic rings. The average Bonchev–Trinajstić information content (AvgIpc) is 2.98. The van der Waals surface area contributed by atoms with Crippen molar-refractivity contribution >= 4 is 43.9 Å². The first-order valence-corrected chi connectivity index (χ1v) is 6.76. The summed E-state index contributed by atoms with van der Waals surface area (Å²) in [5.74, 6) is 0. The van der Waals surface area contributed by atoms with Crippen LogP contribution in [0.15, 0.2) is 61.1 Å². The van der Waals surface area contributed by atoms with Crippen LogP contribution in [0.4, 0.5) is 0 Å². The number of fused-ring (bicyclic) bond motifs is 4. The molecule has 0 aliphatic heterocycles. The van der Waals surface area contributed by atoms with Crippen molar-refractivity contribution in [1.29, 1.82) is 0 Å². The molecule has 0 amide bonds. The maximum Gasteiger partial charge on any atom is 0.347 e. The lowest BCUT2D eigenvalue weighted by molar-refractivity contribution is 0.499. The predicted molar refractivity (Wildman–Crippen MR) is 81.8 cm³/mol. The molecule has 5 rings (SSSR count). The van der Waals surface area contributed by atoms with Crippen molar-refractivity contribution in [3.8, 4) is 0 Å². The molecule has 5 aromatic rings. The number of hydrogen-bond acceptors (Lipinski definition) is 8. The van der Waals surface area contributed by atoms with E-state index in [2.05, 4.69) is 8.83 Å². The Labute approximate surface area is 128 Å². The van der Waals surface area contributed by atoms with Crippen LogP contribution in [0.2, 0.25) is 0 Å². The van der Waals surface area contributed by atoms with E-state index in [0.717, 1.165) is 0 Å². The summed E-state index contributed by atoms with van der Waals surface area (Å²) < 4.78 is 20.3. The monoisotopic (exact) mass is 324 g/mol. The van der Waals surface area contributed by atoms with Gasteiger partial charge in [-0.15, -0.1) is 0 Å². The van der Waals surface area contributed by atoms with Gasteiger partial charge in [0.15, 0.2) is 22.3 Å². The minimum Gasteiger partial charge on any atom is -0.449 e. The van der Waals surface area contributed by atoms with Crippen LogP contribution in [0.25, 0.3) is 43.9 Å². The molecule has 0 saturated heterocycles. The Morgan fingerprint density at radius 3 is 0.917 bits per heavy atom. The van der Waals surface area contributed by atoms with Gasteiger partial charge in [0.25, 0.3) is 0 Å². The van der Waals surface area contributed by atoms with E-state index in [-0.39, 0.29) is 43.9 Å². The van der Waals surface area contributed by atoms with Crippen molar-refractivity contribution in [2.45, 2.75) is 0 Å². The van der Waals surface area contributed by atoms with Gasteiger partial charge in [-0.25, -0.2) is 19.2 Å². The fraction of sp³-hybridized carbons (Fsp3) is 0.